The van der Waals surface area contributed by atoms with Gasteiger partial charge >= 0.3 is 6.03 Å². The maximum atomic E-state index is 13.3. The van der Waals surface area contributed by atoms with Gasteiger partial charge in [-0.25, -0.2) is 13.6 Å². The Bertz CT molecular complexity index is 442. The highest BCUT2D eigenvalue weighted by Crippen LogP contribution is 2.25. The van der Waals surface area contributed by atoms with Crippen molar-refractivity contribution >= 4 is 6.03 Å². The number of aromatic nitrogens is 1. The SMILES string of the molecule is CN(Cc1ccncc1)C(=O)N[C@@H]1COCC1(F)F. The van der Waals surface area contributed by atoms with Gasteiger partial charge in [-0.3, -0.25) is 4.98 Å². The highest BCUT2D eigenvalue weighted by atomic mass is 19.3. The zero-order chi connectivity index (χ0) is 13.9. The Morgan fingerprint density at radius 3 is 2.84 bits per heavy atom. The van der Waals surface area contributed by atoms with Gasteiger partial charge in [0, 0.05) is 26.0 Å². The molecule has 1 N–H and O–H groups in total. The largest absolute Gasteiger partial charge is 0.373 e. The van der Waals surface area contributed by atoms with E-state index < -0.39 is 24.6 Å². The monoisotopic (exact) mass is 271 g/mol. The summed E-state index contributed by atoms with van der Waals surface area (Å²) in [6.07, 6.45) is 3.22. The Labute approximate surface area is 109 Å². The van der Waals surface area contributed by atoms with Crippen molar-refractivity contribution < 1.29 is 18.3 Å². The molecule has 2 amide bonds. The lowest BCUT2D eigenvalue weighted by atomic mass is 10.2. The second kappa shape index (κ2) is 5.48. The van der Waals surface area contributed by atoms with Gasteiger partial charge in [0.15, 0.2) is 0 Å². The van der Waals surface area contributed by atoms with Gasteiger partial charge in [0.05, 0.1) is 6.61 Å². The van der Waals surface area contributed by atoms with Crippen molar-refractivity contribution in [3.05, 3.63) is 30.1 Å². The van der Waals surface area contributed by atoms with Crippen LogP contribution in [-0.4, -0.2) is 48.1 Å². The highest BCUT2D eigenvalue weighted by Gasteiger charge is 2.46. The fraction of sp³-hybridized carbons (Fsp3) is 0.500. The van der Waals surface area contributed by atoms with Gasteiger partial charge in [-0.15, -0.1) is 0 Å². The van der Waals surface area contributed by atoms with E-state index in [9.17, 15) is 13.6 Å². The second-order valence-electron chi connectivity index (χ2n) is 4.49. The smallest absolute Gasteiger partial charge is 0.317 e. The van der Waals surface area contributed by atoms with Crippen LogP contribution in [0.15, 0.2) is 24.5 Å². The first kappa shape index (κ1) is 13.7. The number of ether oxygens (including phenoxy) is 1. The van der Waals surface area contributed by atoms with E-state index in [1.165, 1.54) is 4.90 Å². The van der Waals surface area contributed by atoms with Crippen molar-refractivity contribution in [1.82, 2.24) is 15.2 Å². The number of hydrogen-bond donors (Lipinski definition) is 1. The highest BCUT2D eigenvalue weighted by molar-refractivity contribution is 5.74. The summed E-state index contributed by atoms with van der Waals surface area (Å²) in [5.74, 6) is -3.01. The van der Waals surface area contributed by atoms with Crippen LogP contribution in [-0.2, 0) is 11.3 Å². The van der Waals surface area contributed by atoms with E-state index in [0.717, 1.165) is 5.56 Å². The van der Waals surface area contributed by atoms with Gasteiger partial charge in [0.25, 0.3) is 5.92 Å². The number of halogens is 2. The molecule has 1 saturated heterocycles. The van der Waals surface area contributed by atoms with Crippen molar-refractivity contribution in [3.8, 4) is 0 Å². The summed E-state index contributed by atoms with van der Waals surface area (Å²) in [4.78, 5) is 17.0. The van der Waals surface area contributed by atoms with E-state index in [4.69, 9.17) is 0 Å². The molecule has 0 aliphatic carbocycles. The van der Waals surface area contributed by atoms with Crippen LogP contribution in [0.5, 0.6) is 0 Å². The van der Waals surface area contributed by atoms with Crippen LogP contribution in [0.2, 0.25) is 0 Å². The maximum Gasteiger partial charge on any atom is 0.317 e. The number of alkyl halides is 2. The molecule has 2 rings (SSSR count). The van der Waals surface area contributed by atoms with E-state index in [2.05, 4.69) is 15.0 Å². The van der Waals surface area contributed by atoms with Crippen molar-refractivity contribution in [2.24, 2.45) is 0 Å². The van der Waals surface area contributed by atoms with Gasteiger partial charge in [0.2, 0.25) is 0 Å². The molecule has 0 saturated carbocycles. The van der Waals surface area contributed by atoms with Crippen LogP contribution >= 0.6 is 0 Å². The first-order chi connectivity index (χ1) is 8.99. The van der Waals surface area contributed by atoms with Gasteiger partial charge in [-0.2, -0.15) is 0 Å². The third-order valence-corrected chi connectivity index (χ3v) is 2.90. The summed E-state index contributed by atoms with van der Waals surface area (Å²) in [5, 5.41) is 2.29. The molecule has 104 valence electrons. The topological polar surface area (TPSA) is 54.5 Å². The van der Waals surface area contributed by atoms with Crippen LogP contribution in [0.25, 0.3) is 0 Å². The summed E-state index contributed by atoms with van der Waals surface area (Å²) >= 11 is 0. The summed E-state index contributed by atoms with van der Waals surface area (Å²) in [7, 11) is 1.55. The summed E-state index contributed by atoms with van der Waals surface area (Å²) in [6.45, 7) is -0.485. The molecule has 1 aliphatic rings. The quantitative estimate of drug-likeness (QED) is 0.900. The first-order valence-electron chi connectivity index (χ1n) is 5.85. The van der Waals surface area contributed by atoms with Gasteiger partial charge in [-0.1, -0.05) is 0 Å². The number of rotatable bonds is 3. The number of urea groups is 1. The lowest BCUT2D eigenvalue weighted by Crippen LogP contribution is -2.50. The molecule has 19 heavy (non-hydrogen) atoms. The number of nitrogens with zero attached hydrogens (tertiary/aromatic N) is 2. The maximum absolute atomic E-state index is 13.3. The molecule has 0 unspecified atom stereocenters. The van der Waals surface area contributed by atoms with Crippen LogP contribution in [0, 0.1) is 0 Å². The average molecular weight is 271 g/mol. The molecule has 0 radical (unpaired) electrons. The third kappa shape index (κ3) is 3.37. The lowest BCUT2D eigenvalue weighted by molar-refractivity contribution is -0.0222. The van der Waals surface area contributed by atoms with Crippen molar-refractivity contribution in [1.29, 1.82) is 0 Å². The van der Waals surface area contributed by atoms with Crippen molar-refractivity contribution in [2.45, 2.75) is 18.5 Å². The minimum Gasteiger partial charge on any atom is -0.373 e. The molecule has 2 heterocycles. The van der Waals surface area contributed by atoms with Crippen LogP contribution < -0.4 is 5.32 Å². The molecule has 0 bridgehead atoms. The Morgan fingerprint density at radius 2 is 2.26 bits per heavy atom. The number of amides is 2. The predicted octanol–water partition coefficient (Wildman–Crippen LogP) is 1.26. The summed E-state index contributed by atoms with van der Waals surface area (Å²) in [6, 6.07) is 1.71. The van der Waals surface area contributed by atoms with E-state index in [0.29, 0.717) is 6.54 Å². The second-order valence-corrected chi connectivity index (χ2v) is 4.49. The Balaban J connectivity index is 1.89. The normalized spacial score (nSPS) is 21.1. The number of nitrogens with one attached hydrogen (secondary N) is 1. The zero-order valence-electron chi connectivity index (χ0n) is 10.5. The molecule has 7 heteroatoms. The Kier molecular flexibility index (Phi) is 3.94. The average Bonchev–Trinajstić information content (AvgIpc) is 2.70. The summed E-state index contributed by atoms with van der Waals surface area (Å²) in [5.41, 5.74) is 0.877. The van der Waals surface area contributed by atoms with Gasteiger partial charge in [-0.05, 0) is 17.7 Å². The summed E-state index contributed by atoms with van der Waals surface area (Å²) < 4.78 is 31.3. The molecule has 0 spiro atoms. The van der Waals surface area contributed by atoms with Gasteiger partial charge in [0.1, 0.15) is 12.6 Å². The molecular weight excluding hydrogens is 256 g/mol. The molecule has 1 atom stereocenters. The molecule has 1 fully saturated rings. The molecule has 1 aromatic rings. The zero-order valence-corrected chi connectivity index (χ0v) is 10.5. The number of carbonyl (C=O) groups is 1. The predicted molar refractivity (Wildman–Crippen MR) is 63.8 cm³/mol. The van der Waals surface area contributed by atoms with Crippen LogP contribution in [0.3, 0.4) is 0 Å². The van der Waals surface area contributed by atoms with Crippen LogP contribution in [0.4, 0.5) is 13.6 Å². The molecule has 0 aromatic carbocycles. The minimum atomic E-state index is -3.01. The van der Waals surface area contributed by atoms with Crippen molar-refractivity contribution in [3.63, 3.8) is 0 Å². The third-order valence-electron chi connectivity index (χ3n) is 2.90. The van der Waals surface area contributed by atoms with E-state index in [-0.39, 0.29) is 6.61 Å². The molecule has 1 aromatic heterocycles. The van der Waals surface area contributed by atoms with E-state index >= 15 is 0 Å². The number of hydrogen-bond acceptors (Lipinski definition) is 3. The van der Waals surface area contributed by atoms with Gasteiger partial charge < -0.3 is 15.0 Å². The Hall–Kier alpha value is -1.76. The first-order valence-corrected chi connectivity index (χ1v) is 5.85. The molecule has 5 nitrogen and oxygen atoms in total. The number of pyridine rings is 1. The molecule has 1 aliphatic heterocycles. The van der Waals surface area contributed by atoms with Crippen molar-refractivity contribution in [2.75, 3.05) is 20.3 Å². The lowest BCUT2D eigenvalue weighted by Gasteiger charge is -2.23. The molecular formula is C12H15F2N3O2. The fourth-order valence-electron chi connectivity index (χ4n) is 1.78. The minimum absolute atomic E-state index is 0.165. The van der Waals surface area contributed by atoms with E-state index in [1.54, 1.807) is 31.6 Å². The van der Waals surface area contributed by atoms with E-state index in [1.807, 2.05) is 0 Å². The Morgan fingerprint density at radius 1 is 1.58 bits per heavy atom. The standard InChI is InChI=1S/C12H15F2N3O2/c1-17(6-9-2-4-15-5-3-9)11(18)16-10-7-19-8-12(10,13)14/h2-5,10H,6-8H2,1H3,(H,16,18)/t10-/m1/s1. The fourth-order valence-corrected chi connectivity index (χ4v) is 1.78. The number of carbonyl (C=O) groups excluding carboxylic acids is 1. The van der Waals surface area contributed by atoms with Crippen LogP contribution in [0.1, 0.15) is 5.56 Å².